The number of nitrogens with one attached hydrogen (secondary N) is 1. The van der Waals surface area contributed by atoms with Crippen LogP contribution in [0, 0.1) is 0 Å². The van der Waals surface area contributed by atoms with E-state index in [0.29, 0.717) is 5.69 Å². The highest BCUT2D eigenvalue weighted by Gasteiger charge is 2.23. The molecule has 0 aliphatic heterocycles. The van der Waals surface area contributed by atoms with Gasteiger partial charge >= 0.3 is 0 Å². The molecule has 0 radical (unpaired) electrons. The molecule has 1 aromatic carbocycles. The van der Waals surface area contributed by atoms with Crippen LogP contribution in [0.25, 0.3) is 0 Å². The fourth-order valence-electron chi connectivity index (χ4n) is 1.20. The number of hydrogen-bond acceptors (Lipinski definition) is 3. The maximum Gasteiger partial charge on any atom is 0.242 e. The van der Waals surface area contributed by atoms with Crippen LogP contribution in [0.3, 0.4) is 0 Å². The van der Waals surface area contributed by atoms with E-state index in [1.54, 1.807) is 26.0 Å². The minimum atomic E-state index is -3.44. The lowest BCUT2D eigenvalue weighted by Crippen LogP contribution is -2.31. The summed E-state index contributed by atoms with van der Waals surface area (Å²) in [7, 11) is -0.498. The molecule has 19 heavy (non-hydrogen) atoms. The Morgan fingerprint density at radius 2 is 1.68 bits per heavy atom. The fraction of sp³-hybridized carbons (Fsp3) is 0.417. The average Bonchev–Trinajstić information content (AvgIpc) is 2.28. The van der Waals surface area contributed by atoms with Gasteiger partial charge in [0.05, 0.1) is 9.22 Å². The van der Waals surface area contributed by atoms with Crippen LogP contribution >= 0.6 is 15.9 Å². The van der Waals surface area contributed by atoms with Gasteiger partial charge in [0.25, 0.3) is 0 Å². The van der Waals surface area contributed by atoms with Crippen molar-refractivity contribution in [2.45, 2.75) is 23.1 Å². The predicted octanol–water partition coefficient (Wildman–Crippen LogP) is 2.05. The number of hydrogen-bond donors (Lipinski definition) is 1. The molecule has 0 saturated carbocycles. The van der Waals surface area contributed by atoms with Crippen LogP contribution in [0.1, 0.15) is 13.8 Å². The Morgan fingerprint density at radius 1 is 1.21 bits per heavy atom. The molecule has 0 bridgehead atoms. The second-order valence-electron chi connectivity index (χ2n) is 4.74. The number of anilines is 1. The molecule has 106 valence electrons. The van der Waals surface area contributed by atoms with Gasteiger partial charge in [0.1, 0.15) is 0 Å². The zero-order chi connectivity index (χ0) is 14.8. The summed E-state index contributed by atoms with van der Waals surface area (Å²) in [6.07, 6.45) is 0. The van der Waals surface area contributed by atoms with Crippen molar-refractivity contribution < 1.29 is 13.2 Å². The zero-order valence-corrected chi connectivity index (χ0v) is 13.7. The van der Waals surface area contributed by atoms with E-state index in [0.717, 1.165) is 4.31 Å². The summed E-state index contributed by atoms with van der Waals surface area (Å²) >= 11 is 3.25. The van der Waals surface area contributed by atoms with Crippen molar-refractivity contribution in [3.8, 4) is 0 Å². The Balaban J connectivity index is 2.93. The number of benzene rings is 1. The fourth-order valence-corrected chi connectivity index (χ4v) is 2.20. The third kappa shape index (κ3) is 4.02. The topological polar surface area (TPSA) is 66.5 Å². The van der Waals surface area contributed by atoms with Crippen molar-refractivity contribution in [1.29, 1.82) is 0 Å². The highest BCUT2D eigenvalue weighted by atomic mass is 79.9. The number of sulfonamides is 1. The lowest BCUT2D eigenvalue weighted by Gasteiger charge is -2.16. The van der Waals surface area contributed by atoms with Crippen LogP contribution in [0.5, 0.6) is 0 Å². The molecule has 7 heteroatoms. The number of nitrogens with zero attached hydrogens (tertiary/aromatic N) is 1. The second kappa shape index (κ2) is 5.60. The zero-order valence-electron chi connectivity index (χ0n) is 11.3. The molecule has 0 aromatic heterocycles. The van der Waals surface area contributed by atoms with Crippen LogP contribution < -0.4 is 5.32 Å². The molecule has 0 atom stereocenters. The number of carbonyl (C=O) groups excluding carboxylic acids is 1. The molecule has 1 N–H and O–H groups in total. The highest BCUT2D eigenvalue weighted by Crippen LogP contribution is 2.20. The van der Waals surface area contributed by atoms with Gasteiger partial charge in [-0.2, -0.15) is 0 Å². The quantitative estimate of drug-likeness (QED) is 0.846. The van der Waals surface area contributed by atoms with Gasteiger partial charge in [0.2, 0.25) is 15.9 Å². The Labute approximate surface area is 122 Å². The minimum Gasteiger partial charge on any atom is -0.325 e. The van der Waals surface area contributed by atoms with E-state index < -0.39 is 14.3 Å². The van der Waals surface area contributed by atoms with Gasteiger partial charge in [-0.15, -0.1) is 0 Å². The van der Waals surface area contributed by atoms with Crippen molar-refractivity contribution in [3.05, 3.63) is 24.3 Å². The number of alkyl halides is 1. The van der Waals surface area contributed by atoms with Crippen molar-refractivity contribution in [1.82, 2.24) is 4.31 Å². The van der Waals surface area contributed by atoms with Crippen LogP contribution in [0.2, 0.25) is 0 Å². The Bertz CT molecular complexity index is 560. The summed E-state index contributed by atoms with van der Waals surface area (Å²) in [4.78, 5) is 11.9. The number of carbonyl (C=O) groups is 1. The Morgan fingerprint density at radius 3 is 2.05 bits per heavy atom. The van der Waals surface area contributed by atoms with Crippen molar-refractivity contribution in [2.24, 2.45) is 0 Å². The summed E-state index contributed by atoms with van der Waals surface area (Å²) in [5.74, 6) is -0.198. The monoisotopic (exact) mass is 348 g/mol. The number of amides is 1. The van der Waals surface area contributed by atoms with E-state index in [9.17, 15) is 13.2 Å². The molecule has 0 spiro atoms. The molecular weight excluding hydrogens is 332 g/mol. The van der Waals surface area contributed by atoms with Crippen molar-refractivity contribution >= 4 is 37.5 Å². The largest absolute Gasteiger partial charge is 0.325 e. The van der Waals surface area contributed by atoms with Gasteiger partial charge < -0.3 is 5.32 Å². The minimum absolute atomic E-state index is 0.189. The van der Waals surface area contributed by atoms with E-state index >= 15 is 0 Å². The molecule has 0 heterocycles. The molecular formula is C12H17BrN2O3S. The first-order valence-electron chi connectivity index (χ1n) is 5.58. The molecule has 0 fully saturated rings. The Kier molecular flexibility index (Phi) is 4.76. The summed E-state index contributed by atoms with van der Waals surface area (Å²) in [5.41, 5.74) is 0.551. The van der Waals surface area contributed by atoms with E-state index in [1.165, 1.54) is 26.2 Å². The predicted molar refractivity (Wildman–Crippen MR) is 79.0 cm³/mol. The molecule has 1 aromatic rings. The first-order chi connectivity index (χ1) is 8.55. The summed E-state index contributed by atoms with van der Waals surface area (Å²) in [6.45, 7) is 3.46. The van der Waals surface area contributed by atoms with Gasteiger partial charge in [-0.05, 0) is 38.1 Å². The molecule has 0 unspecified atom stereocenters. The van der Waals surface area contributed by atoms with Gasteiger partial charge in [-0.25, -0.2) is 12.7 Å². The molecule has 1 amide bonds. The summed E-state index contributed by atoms with van der Waals surface area (Å²) in [6, 6.07) is 6.05. The van der Waals surface area contributed by atoms with Crippen molar-refractivity contribution in [2.75, 3.05) is 19.4 Å². The van der Waals surface area contributed by atoms with Gasteiger partial charge in [-0.1, -0.05) is 15.9 Å². The standard InChI is InChI=1S/C12H17BrN2O3S/c1-12(2,13)11(16)14-9-5-7-10(8-6-9)19(17,18)15(3)4/h5-8H,1-4H3,(H,14,16). The number of rotatable bonds is 4. The highest BCUT2D eigenvalue weighted by molar-refractivity contribution is 9.10. The summed E-state index contributed by atoms with van der Waals surface area (Å²) < 4.78 is 24.2. The smallest absolute Gasteiger partial charge is 0.242 e. The first kappa shape index (κ1) is 16.1. The number of halogens is 1. The lowest BCUT2D eigenvalue weighted by atomic mass is 10.2. The van der Waals surface area contributed by atoms with E-state index in [2.05, 4.69) is 21.2 Å². The van der Waals surface area contributed by atoms with Crippen LogP contribution in [0.4, 0.5) is 5.69 Å². The molecule has 0 saturated heterocycles. The van der Waals surface area contributed by atoms with Crippen LogP contribution in [0.15, 0.2) is 29.2 Å². The second-order valence-corrected chi connectivity index (χ2v) is 8.87. The van der Waals surface area contributed by atoms with Gasteiger partial charge in [0.15, 0.2) is 0 Å². The van der Waals surface area contributed by atoms with E-state index in [1.807, 2.05) is 0 Å². The molecule has 1 rings (SSSR count). The molecule has 0 aliphatic rings. The lowest BCUT2D eigenvalue weighted by molar-refractivity contribution is -0.117. The van der Waals surface area contributed by atoms with Gasteiger partial charge in [0, 0.05) is 19.8 Å². The Hall–Kier alpha value is -0.920. The van der Waals surface area contributed by atoms with E-state index in [-0.39, 0.29) is 10.8 Å². The normalized spacial score (nSPS) is 12.5. The third-order valence-electron chi connectivity index (χ3n) is 2.43. The van der Waals surface area contributed by atoms with Gasteiger partial charge in [-0.3, -0.25) is 4.79 Å². The van der Waals surface area contributed by atoms with Crippen LogP contribution in [-0.4, -0.2) is 37.0 Å². The third-order valence-corrected chi connectivity index (χ3v) is 4.62. The summed E-state index contributed by atoms with van der Waals surface area (Å²) in [5, 5.41) is 2.70. The maximum atomic E-state index is 11.9. The first-order valence-corrected chi connectivity index (χ1v) is 7.81. The van der Waals surface area contributed by atoms with E-state index in [4.69, 9.17) is 0 Å². The SMILES string of the molecule is CN(C)S(=O)(=O)c1ccc(NC(=O)C(C)(C)Br)cc1. The van der Waals surface area contributed by atoms with Crippen LogP contribution in [-0.2, 0) is 14.8 Å². The maximum absolute atomic E-state index is 11.9. The average molecular weight is 349 g/mol. The molecule has 5 nitrogen and oxygen atoms in total. The van der Waals surface area contributed by atoms with Crippen molar-refractivity contribution in [3.63, 3.8) is 0 Å². The molecule has 0 aliphatic carbocycles.